The van der Waals surface area contributed by atoms with Gasteiger partial charge in [-0.15, -0.1) is 0 Å². The van der Waals surface area contributed by atoms with Crippen LogP contribution in [0.4, 0.5) is 0 Å². The standard InChI is InChI=1S/C8H18N4O2/c1-5(2)8(11,7(10)14)12-6(13)3-4-9/h5H,3-4,9,11H2,1-2H3,(H2,10,14)(H,12,13). The molecule has 0 rings (SSSR count). The topological polar surface area (TPSA) is 124 Å². The minimum Gasteiger partial charge on any atom is -0.366 e. The summed E-state index contributed by atoms with van der Waals surface area (Å²) in [4.78, 5) is 22.2. The van der Waals surface area contributed by atoms with E-state index in [-0.39, 0.29) is 24.8 Å². The molecule has 14 heavy (non-hydrogen) atoms. The average molecular weight is 202 g/mol. The lowest BCUT2D eigenvalue weighted by Gasteiger charge is -2.30. The third-order valence-electron chi connectivity index (χ3n) is 2.04. The second-order valence-corrected chi connectivity index (χ2v) is 3.47. The first-order valence-corrected chi connectivity index (χ1v) is 4.44. The summed E-state index contributed by atoms with van der Waals surface area (Å²) in [7, 11) is 0. The zero-order chi connectivity index (χ0) is 11.4. The first kappa shape index (κ1) is 12.9. The molecule has 0 radical (unpaired) electrons. The molecule has 0 aromatic rings. The molecule has 0 bridgehead atoms. The van der Waals surface area contributed by atoms with Gasteiger partial charge >= 0.3 is 0 Å². The van der Waals surface area contributed by atoms with Crippen molar-refractivity contribution < 1.29 is 9.59 Å². The van der Waals surface area contributed by atoms with Gasteiger partial charge in [-0.05, 0) is 5.92 Å². The predicted molar refractivity (Wildman–Crippen MR) is 52.8 cm³/mol. The van der Waals surface area contributed by atoms with Gasteiger partial charge in [0.2, 0.25) is 5.91 Å². The Morgan fingerprint density at radius 3 is 2.21 bits per heavy atom. The molecule has 1 unspecified atom stereocenters. The number of amides is 2. The van der Waals surface area contributed by atoms with E-state index in [0.29, 0.717) is 0 Å². The lowest BCUT2D eigenvalue weighted by molar-refractivity contribution is -0.133. The predicted octanol–water partition coefficient (Wildman–Crippen LogP) is -1.75. The molecule has 0 aliphatic rings. The monoisotopic (exact) mass is 202 g/mol. The Bertz CT molecular complexity index is 229. The van der Waals surface area contributed by atoms with E-state index in [9.17, 15) is 9.59 Å². The van der Waals surface area contributed by atoms with Crippen molar-refractivity contribution in [1.29, 1.82) is 0 Å². The van der Waals surface area contributed by atoms with Gasteiger partial charge in [-0.25, -0.2) is 0 Å². The van der Waals surface area contributed by atoms with Gasteiger partial charge < -0.3 is 22.5 Å². The summed E-state index contributed by atoms with van der Waals surface area (Å²) >= 11 is 0. The van der Waals surface area contributed by atoms with Crippen LogP contribution in [0.5, 0.6) is 0 Å². The van der Waals surface area contributed by atoms with Crippen LogP contribution >= 0.6 is 0 Å². The number of carbonyl (C=O) groups is 2. The van der Waals surface area contributed by atoms with E-state index in [1.165, 1.54) is 0 Å². The number of primary amides is 1. The molecule has 0 saturated carbocycles. The summed E-state index contributed by atoms with van der Waals surface area (Å²) in [6.45, 7) is 3.61. The van der Waals surface area contributed by atoms with Crippen LogP contribution in [-0.4, -0.2) is 24.0 Å². The van der Waals surface area contributed by atoms with Crippen LogP contribution in [0.2, 0.25) is 0 Å². The van der Waals surface area contributed by atoms with Crippen LogP contribution in [-0.2, 0) is 9.59 Å². The maximum atomic E-state index is 11.2. The second kappa shape index (κ2) is 4.92. The van der Waals surface area contributed by atoms with Crippen molar-refractivity contribution in [3.63, 3.8) is 0 Å². The zero-order valence-corrected chi connectivity index (χ0v) is 8.54. The number of rotatable bonds is 5. The molecule has 0 fully saturated rings. The van der Waals surface area contributed by atoms with Gasteiger partial charge in [0.25, 0.3) is 5.91 Å². The van der Waals surface area contributed by atoms with E-state index in [1.807, 2.05) is 0 Å². The SMILES string of the molecule is CC(C)C(N)(NC(=O)CCN)C(N)=O. The van der Waals surface area contributed by atoms with Crippen LogP contribution in [0.25, 0.3) is 0 Å². The maximum Gasteiger partial charge on any atom is 0.258 e. The lowest BCUT2D eigenvalue weighted by Crippen LogP contribution is -2.67. The minimum atomic E-state index is -1.49. The van der Waals surface area contributed by atoms with E-state index in [0.717, 1.165) is 0 Å². The van der Waals surface area contributed by atoms with Crippen molar-refractivity contribution in [1.82, 2.24) is 5.32 Å². The minimum absolute atomic E-state index is 0.124. The Hall–Kier alpha value is -1.14. The van der Waals surface area contributed by atoms with Gasteiger partial charge in [0, 0.05) is 13.0 Å². The number of hydrogen-bond acceptors (Lipinski definition) is 4. The highest BCUT2D eigenvalue weighted by Gasteiger charge is 2.36. The smallest absolute Gasteiger partial charge is 0.258 e. The summed E-state index contributed by atoms with van der Waals surface area (Å²) in [6, 6.07) is 0. The summed E-state index contributed by atoms with van der Waals surface area (Å²) in [5.74, 6) is -1.40. The van der Waals surface area contributed by atoms with Gasteiger partial charge in [-0.3, -0.25) is 9.59 Å². The van der Waals surface area contributed by atoms with Crippen molar-refractivity contribution in [2.24, 2.45) is 23.1 Å². The Morgan fingerprint density at radius 2 is 1.93 bits per heavy atom. The fraction of sp³-hybridized carbons (Fsp3) is 0.750. The molecule has 0 heterocycles. The normalized spacial score (nSPS) is 14.9. The van der Waals surface area contributed by atoms with Crippen LogP contribution in [0.1, 0.15) is 20.3 Å². The fourth-order valence-electron chi connectivity index (χ4n) is 0.915. The van der Waals surface area contributed by atoms with Crippen LogP contribution in [0, 0.1) is 5.92 Å². The molecule has 0 saturated heterocycles. The summed E-state index contributed by atoms with van der Waals surface area (Å²) < 4.78 is 0. The molecule has 6 heteroatoms. The second-order valence-electron chi connectivity index (χ2n) is 3.47. The molecule has 0 aliphatic carbocycles. The van der Waals surface area contributed by atoms with Crippen molar-refractivity contribution in [3.8, 4) is 0 Å². The lowest BCUT2D eigenvalue weighted by atomic mass is 9.96. The highest BCUT2D eigenvalue weighted by Crippen LogP contribution is 2.09. The molecule has 82 valence electrons. The van der Waals surface area contributed by atoms with E-state index in [4.69, 9.17) is 17.2 Å². The molecule has 0 aliphatic heterocycles. The highest BCUT2D eigenvalue weighted by atomic mass is 16.2. The van der Waals surface area contributed by atoms with Crippen molar-refractivity contribution >= 4 is 11.8 Å². The van der Waals surface area contributed by atoms with Gasteiger partial charge in [-0.2, -0.15) is 0 Å². The zero-order valence-electron chi connectivity index (χ0n) is 8.54. The highest BCUT2D eigenvalue weighted by molar-refractivity contribution is 5.90. The molecule has 1 atom stereocenters. The summed E-state index contributed by atoms with van der Waals surface area (Å²) in [6.07, 6.45) is 0.124. The fourth-order valence-corrected chi connectivity index (χ4v) is 0.915. The average Bonchev–Trinajstić information content (AvgIpc) is 2.03. The number of hydrogen-bond donors (Lipinski definition) is 4. The first-order valence-electron chi connectivity index (χ1n) is 4.44. The summed E-state index contributed by atoms with van der Waals surface area (Å²) in [5, 5.41) is 2.38. The first-order chi connectivity index (χ1) is 6.34. The van der Waals surface area contributed by atoms with E-state index in [1.54, 1.807) is 13.8 Å². The van der Waals surface area contributed by atoms with Crippen LogP contribution < -0.4 is 22.5 Å². The maximum absolute atomic E-state index is 11.2. The molecule has 7 N–H and O–H groups in total. The molecular formula is C8H18N4O2. The Balaban J connectivity index is 4.54. The Kier molecular flexibility index (Phi) is 4.52. The van der Waals surface area contributed by atoms with Gasteiger partial charge in [-0.1, -0.05) is 13.8 Å². The number of nitrogens with one attached hydrogen (secondary N) is 1. The quantitative estimate of drug-likeness (QED) is 0.394. The Morgan fingerprint density at radius 1 is 1.43 bits per heavy atom. The van der Waals surface area contributed by atoms with Crippen LogP contribution in [0.15, 0.2) is 0 Å². The molecule has 6 nitrogen and oxygen atoms in total. The molecule has 2 amide bonds. The van der Waals surface area contributed by atoms with Crippen molar-refractivity contribution in [2.45, 2.75) is 25.9 Å². The van der Waals surface area contributed by atoms with E-state index < -0.39 is 11.6 Å². The third-order valence-corrected chi connectivity index (χ3v) is 2.04. The molecule has 0 spiro atoms. The summed E-state index contributed by atoms with van der Waals surface area (Å²) in [5.41, 5.74) is 14.5. The molecular weight excluding hydrogens is 184 g/mol. The molecule has 0 aromatic heterocycles. The largest absolute Gasteiger partial charge is 0.366 e. The van der Waals surface area contributed by atoms with Gasteiger partial charge in [0.05, 0.1) is 0 Å². The molecule has 0 aromatic carbocycles. The third kappa shape index (κ3) is 2.97. The number of nitrogens with two attached hydrogens (primary N) is 3. The number of carbonyl (C=O) groups excluding carboxylic acids is 2. The van der Waals surface area contributed by atoms with E-state index >= 15 is 0 Å². The van der Waals surface area contributed by atoms with Gasteiger partial charge in [0.15, 0.2) is 5.66 Å². The van der Waals surface area contributed by atoms with Crippen molar-refractivity contribution in [3.05, 3.63) is 0 Å². The van der Waals surface area contributed by atoms with E-state index in [2.05, 4.69) is 5.32 Å². The van der Waals surface area contributed by atoms with Crippen molar-refractivity contribution in [2.75, 3.05) is 6.54 Å². The van der Waals surface area contributed by atoms with Crippen LogP contribution in [0.3, 0.4) is 0 Å². The van der Waals surface area contributed by atoms with Gasteiger partial charge in [0.1, 0.15) is 0 Å². The Labute approximate surface area is 83.2 Å².